The van der Waals surface area contributed by atoms with Crippen molar-refractivity contribution in [3.05, 3.63) is 33.4 Å². The number of benzene rings is 1. The number of hydrogen-bond acceptors (Lipinski definition) is 5. The van der Waals surface area contributed by atoms with Crippen LogP contribution in [0.4, 0.5) is 11.4 Å². The van der Waals surface area contributed by atoms with E-state index in [-0.39, 0.29) is 11.3 Å². The van der Waals surface area contributed by atoms with Crippen LogP contribution >= 0.6 is 0 Å². The number of nitro groups is 1. The van der Waals surface area contributed by atoms with Gasteiger partial charge in [-0.25, -0.2) is 0 Å². The first-order valence-electron chi connectivity index (χ1n) is 6.15. The Morgan fingerprint density at radius 1 is 1.58 bits per heavy atom. The number of anilines is 1. The number of hydrogen-bond donors (Lipinski definition) is 1. The topological polar surface area (TPSA) is 90.4 Å². The Labute approximate surface area is 111 Å². The minimum Gasteiger partial charge on any atom is -0.391 e. The number of piperidine rings is 1. The maximum atomic E-state index is 11.0. The molecule has 1 aromatic rings. The SMILES string of the molecule is Cc1c(N2CCCC(O)C2)cc(C#N)cc1[N+](=O)[O-]. The molecule has 0 aliphatic carbocycles. The molecule has 100 valence electrons. The van der Waals surface area contributed by atoms with Crippen molar-refractivity contribution in [1.29, 1.82) is 5.26 Å². The van der Waals surface area contributed by atoms with Crippen LogP contribution in [-0.4, -0.2) is 29.2 Å². The summed E-state index contributed by atoms with van der Waals surface area (Å²) in [5.41, 5.74) is 1.43. The minimum atomic E-state index is -0.472. The molecule has 0 spiro atoms. The van der Waals surface area contributed by atoms with Gasteiger partial charge in [-0.2, -0.15) is 5.26 Å². The molecule has 1 heterocycles. The van der Waals surface area contributed by atoms with Gasteiger partial charge in [0, 0.05) is 24.8 Å². The number of aliphatic hydroxyl groups excluding tert-OH is 1. The number of β-amino-alcohol motifs (C(OH)–C–C–N with tert-alkyl or cyclic N) is 1. The molecule has 6 nitrogen and oxygen atoms in total. The van der Waals surface area contributed by atoms with Crippen LogP contribution in [0.3, 0.4) is 0 Å². The van der Waals surface area contributed by atoms with Crippen LogP contribution in [-0.2, 0) is 0 Å². The van der Waals surface area contributed by atoms with Gasteiger partial charge in [0.05, 0.1) is 28.2 Å². The van der Waals surface area contributed by atoms with E-state index in [0.29, 0.717) is 17.8 Å². The Hall–Kier alpha value is -2.13. The van der Waals surface area contributed by atoms with Gasteiger partial charge in [0.15, 0.2) is 0 Å². The predicted molar refractivity (Wildman–Crippen MR) is 70.0 cm³/mol. The third kappa shape index (κ3) is 2.66. The molecular formula is C13H15N3O3. The molecule has 1 saturated heterocycles. The van der Waals surface area contributed by atoms with Gasteiger partial charge in [0.2, 0.25) is 0 Å². The molecule has 1 atom stereocenters. The maximum absolute atomic E-state index is 11.0. The highest BCUT2D eigenvalue weighted by molar-refractivity contribution is 5.65. The monoisotopic (exact) mass is 261 g/mol. The molecule has 0 aromatic heterocycles. The average Bonchev–Trinajstić information content (AvgIpc) is 2.38. The quantitative estimate of drug-likeness (QED) is 0.646. The van der Waals surface area contributed by atoms with Crippen LogP contribution in [0.15, 0.2) is 12.1 Å². The molecule has 19 heavy (non-hydrogen) atoms. The van der Waals surface area contributed by atoms with Gasteiger partial charge in [0.25, 0.3) is 5.69 Å². The van der Waals surface area contributed by atoms with Gasteiger partial charge in [-0.05, 0) is 25.8 Å². The average molecular weight is 261 g/mol. The lowest BCUT2D eigenvalue weighted by atomic mass is 10.0. The van der Waals surface area contributed by atoms with Crippen molar-refractivity contribution in [2.45, 2.75) is 25.9 Å². The van der Waals surface area contributed by atoms with Crippen molar-refractivity contribution >= 4 is 11.4 Å². The third-order valence-electron chi connectivity index (χ3n) is 3.42. The summed E-state index contributed by atoms with van der Waals surface area (Å²) in [5.74, 6) is 0. The zero-order valence-corrected chi connectivity index (χ0v) is 10.7. The Balaban J connectivity index is 2.47. The van der Waals surface area contributed by atoms with Crippen LogP contribution in [0.5, 0.6) is 0 Å². The fraction of sp³-hybridized carbons (Fsp3) is 0.462. The summed E-state index contributed by atoms with van der Waals surface area (Å²) in [6, 6.07) is 4.89. The van der Waals surface area contributed by atoms with Crippen LogP contribution in [0.1, 0.15) is 24.0 Å². The van der Waals surface area contributed by atoms with Crippen LogP contribution in [0, 0.1) is 28.4 Å². The fourth-order valence-corrected chi connectivity index (χ4v) is 2.44. The van der Waals surface area contributed by atoms with Crippen molar-refractivity contribution in [2.75, 3.05) is 18.0 Å². The first-order valence-corrected chi connectivity index (χ1v) is 6.15. The zero-order valence-electron chi connectivity index (χ0n) is 10.7. The fourth-order valence-electron chi connectivity index (χ4n) is 2.44. The first kappa shape index (κ1) is 13.3. The van der Waals surface area contributed by atoms with E-state index in [1.165, 1.54) is 6.07 Å². The zero-order chi connectivity index (χ0) is 14.0. The second kappa shape index (κ2) is 5.24. The van der Waals surface area contributed by atoms with Crippen molar-refractivity contribution < 1.29 is 10.0 Å². The lowest BCUT2D eigenvalue weighted by Gasteiger charge is -2.32. The van der Waals surface area contributed by atoms with E-state index in [9.17, 15) is 15.2 Å². The van der Waals surface area contributed by atoms with E-state index in [1.807, 2.05) is 11.0 Å². The second-order valence-corrected chi connectivity index (χ2v) is 4.75. The summed E-state index contributed by atoms with van der Waals surface area (Å²) < 4.78 is 0. The van der Waals surface area contributed by atoms with E-state index < -0.39 is 11.0 Å². The molecule has 6 heteroatoms. The molecule has 2 rings (SSSR count). The number of nitriles is 1. The second-order valence-electron chi connectivity index (χ2n) is 4.75. The summed E-state index contributed by atoms with van der Waals surface area (Å²) in [5, 5.41) is 29.7. The van der Waals surface area contributed by atoms with E-state index >= 15 is 0 Å². The number of rotatable bonds is 2. The Morgan fingerprint density at radius 3 is 2.89 bits per heavy atom. The highest BCUT2D eigenvalue weighted by Crippen LogP contribution is 2.31. The van der Waals surface area contributed by atoms with Crippen LogP contribution in [0.2, 0.25) is 0 Å². The van der Waals surface area contributed by atoms with Crippen LogP contribution < -0.4 is 4.90 Å². The first-order chi connectivity index (χ1) is 9.02. The lowest BCUT2D eigenvalue weighted by molar-refractivity contribution is -0.385. The molecule has 0 bridgehead atoms. The molecule has 1 unspecified atom stereocenters. The van der Waals surface area contributed by atoms with Gasteiger partial charge in [-0.15, -0.1) is 0 Å². The lowest BCUT2D eigenvalue weighted by Crippen LogP contribution is -2.38. The van der Waals surface area contributed by atoms with Gasteiger partial charge in [-0.1, -0.05) is 0 Å². The molecule has 1 aromatic carbocycles. The number of aliphatic hydroxyl groups is 1. The molecule has 1 aliphatic rings. The molecular weight excluding hydrogens is 246 g/mol. The summed E-state index contributed by atoms with van der Waals surface area (Å²) in [7, 11) is 0. The molecule has 0 amide bonds. The highest BCUT2D eigenvalue weighted by Gasteiger charge is 2.23. The Morgan fingerprint density at radius 2 is 2.32 bits per heavy atom. The van der Waals surface area contributed by atoms with Crippen molar-refractivity contribution in [1.82, 2.24) is 0 Å². The summed E-state index contributed by atoms with van der Waals surface area (Å²) >= 11 is 0. The van der Waals surface area contributed by atoms with E-state index in [4.69, 9.17) is 5.26 Å². The molecule has 0 saturated carbocycles. The third-order valence-corrected chi connectivity index (χ3v) is 3.42. The maximum Gasteiger partial charge on any atom is 0.275 e. The van der Waals surface area contributed by atoms with Gasteiger partial charge in [0.1, 0.15) is 0 Å². The Kier molecular flexibility index (Phi) is 3.67. The normalized spacial score (nSPS) is 19.0. The summed E-state index contributed by atoms with van der Waals surface area (Å²) in [6.45, 7) is 2.87. The largest absolute Gasteiger partial charge is 0.391 e. The van der Waals surface area contributed by atoms with Crippen molar-refractivity contribution in [3.63, 3.8) is 0 Å². The standard InChI is InChI=1S/C13H15N3O3/c1-9-12(15-4-2-3-11(17)8-15)5-10(7-14)6-13(9)16(18)19/h5-6,11,17H,2-4,8H2,1H3. The van der Waals surface area contributed by atoms with Crippen LogP contribution in [0.25, 0.3) is 0 Å². The summed E-state index contributed by atoms with van der Waals surface area (Å²) in [6.07, 6.45) is 1.17. The van der Waals surface area contributed by atoms with E-state index in [2.05, 4.69) is 0 Å². The molecule has 0 radical (unpaired) electrons. The number of nitrogens with zero attached hydrogens (tertiary/aromatic N) is 3. The number of nitro benzene ring substituents is 1. The van der Waals surface area contributed by atoms with Gasteiger partial charge >= 0.3 is 0 Å². The molecule has 1 N–H and O–H groups in total. The summed E-state index contributed by atoms with van der Waals surface area (Å²) in [4.78, 5) is 12.5. The molecule has 1 aliphatic heterocycles. The highest BCUT2D eigenvalue weighted by atomic mass is 16.6. The smallest absolute Gasteiger partial charge is 0.275 e. The van der Waals surface area contributed by atoms with Crippen molar-refractivity contribution in [3.8, 4) is 6.07 Å². The van der Waals surface area contributed by atoms with Gasteiger partial charge in [-0.3, -0.25) is 10.1 Å². The molecule has 1 fully saturated rings. The van der Waals surface area contributed by atoms with E-state index in [1.54, 1.807) is 13.0 Å². The Bertz CT molecular complexity index is 551. The predicted octanol–water partition coefficient (Wildman–Crippen LogP) is 1.74. The van der Waals surface area contributed by atoms with Gasteiger partial charge < -0.3 is 10.0 Å². The van der Waals surface area contributed by atoms with E-state index in [0.717, 1.165) is 19.4 Å². The van der Waals surface area contributed by atoms with Crippen molar-refractivity contribution in [2.24, 2.45) is 0 Å². The minimum absolute atomic E-state index is 0.0471.